The van der Waals surface area contributed by atoms with Gasteiger partial charge in [0, 0.05) is 18.0 Å². The summed E-state index contributed by atoms with van der Waals surface area (Å²) < 4.78 is 6.93. The number of anilines is 1. The van der Waals surface area contributed by atoms with Crippen LogP contribution in [0.15, 0.2) is 48.4 Å². The van der Waals surface area contributed by atoms with Crippen molar-refractivity contribution in [2.45, 2.75) is 19.6 Å². The van der Waals surface area contributed by atoms with Crippen molar-refractivity contribution in [3.8, 4) is 5.75 Å². The summed E-state index contributed by atoms with van der Waals surface area (Å²) >= 11 is 0. The summed E-state index contributed by atoms with van der Waals surface area (Å²) in [6, 6.07) is 7.48. The van der Waals surface area contributed by atoms with E-state index < -0.39 is 0 Å². The van der Waals surface area contributed by atoms with E-state index in [4.69, 9.17) is 9.57 Å². The predicted octanol–water partition coefficient (Wildman–Crippen LogP) is 2.17. The van der Waals surface area contributed by atoms with E-state index in [-0.39, 0.29) is 6.10 Å². The lowest BCUT2D eigenvalue weighted by atomic mass is 10.2. The van der Waals surface area contributed by atoms with Crippen molar-refractivity contribution >= 4 is 22.4 Å². The van der Waals surface area contributed by atoms with Crippen molar-refractivity contribution in [2.24, 2.45) is 0 Å². The summed E-state index contributed by atoms with van der Waals surface area (Å²) in [5.74, 6) is 1.34. The van der Waals surface area contributed by atoms with Crippen LogP contribution in [0.1, 0.15) is 24.5 Å². The van der Waals surface area contributed by atoms with Crippen molar-refractivity contribution in [3.63, 3.8) is 0 Å². The van der Waals surface area contributed by atoms with Gasteiger partial charge in [0.1, 0.15) is 17.4 Å². The zero-order valence-corrected chi connectivity index (χ0v) is 15.8. The number of rotatable bonds is 5. The molecule has 0 aliphatic carbocycles. The van der Waals surface area contributed by atoms with Crippen LogP contribution in [0.25, 0.3) is 16.7 Å². The molecule has 5 rings (SSSR count). The van der Waals surface area contributed by atoms with Gasteiger partial charge in [-0.25, -0.2) is 4.98 Å². The lowest BCUT2D eigenvalue weighted by Crippen LogP contribution is -2.11. The number of nitrogens with zero attached hydrogens (tertiary/aromatic N) is 6. The van der Waals surface area contributed by atoms with Crippen LogP contribution >= 0.6 is 0 Å². The Kier molecular flexibility index (Phi) is 4.17. The van der Waals surface area contributed by atoms with E-state index in [9.17, 15) is 0 Å². The first-order valence-electron chi connectivity index (χ1n) is 9.05. The van der Waals surface area contributed by atoms with Gasteiger partial charge in [0.2, 0.25) is 0 Å². The Morgan fingerprint density at radius 1 is 1.24 bits per heavy atom. The van der Waals surface area contributed by atoms with Gasteiger partial charge >= 0.3 is 0 Å². The molecule has 1 atom stereocenters. The first kappa shape index (κ1) is 17.3. The maximum Gasteiger partial charge on any atom is 0.178 e. The molecule has 2 N–H and O–H groups in total. The van der Waals surface area contributed by atoms with Crippen LogP contribution in [0.2, 0.25) is 0 Å². The number of ether oxygens (including phenoxy) is 1. The third-order valence-corrected chi connectivity index (χ3v) is 4.61. The van der Waals surface area contributed by atoms with E-state index in [1.807, 2.05) is 37.3 Å². The number of hydrogen-bond acceptors (Lipinski definition) is 9. The Morgan fingerprint density at radius 2 is 2.17 bits per heavy atom. The summed E-state index contributed by atoms with van der Waals surface area (Å²) in [6.45, 7) is 2.36. The quantitative estimate of drug-likeness (QED) is 0.529. The van der Waals surface area contributed by atoms with E-state index in [0.29, 0.717) is 23.8 Å². The Morgan fingerprint density at radius 3 is 3.00 bits per heavy atom. The molecule has 10 heteroatoms. The molecule has 0 spiro atoms. The van der Waals surface area contributed by atoms with E-state index in [1.54, 1.807) is 24.0 Å². The molecule has 0 fully saturated rings. The zero-order valence-electron chi connectivity index (χ0n) is 15.8. The molecule has 1 aliphatic rings. The van der Waals surface area contributed by atoms with Gasteiger partial charge in [-0.15, -0.1) is 10.2 Å². The molecule has 4 aromatic rings. The van der Waals surface area contributed by atoms with Crippen molar-refractivity contribution in [2.75, 3.05) is 12.4 Å². The highest BCUT2D eigenvalue weighted by Gasteiger charge is 2.19. The molecular formula is C19H18N8O2. The highest BCUT2D eigenvalue weighted by Crippen LogP contribution is 2.24. The molecule has 0 radical (unpaired) electrons. The number of allylic oxidation sites excluding steroid dienone is 1. The SMILES string of the molecule is COc1cnc2c(NCc3nnc4ccc(C5C=C(C)NO5)nn34)ccnc2c1. The standard InChI is InChI=1S/C19H18N8O2/c1-11-7-16(29-26-11)13-3-4-17-23-24-18(27(17)25-13)10-21-14-5-6-20-15-8-12(28-2)9-22-19(14)15/h3-9,16,26H,10H2,1-2H3,(H,20,21). The number of methoxy groups -OCH3 is 1. The van der Waals surface area contributed by atoms with E-state index >= 15 is 0 Å². The van der Waals surface area contributed by atoms with Gasteiger partial charge in [-0.05, 0) is 31.2 Å². The monoisotopic (exact) mass is 390 g/mol. The highest BCUT2D eigenvalue weighted by atomic mass is 16.7. The van der Waals surface area contributed by atoms with Gasteiger partial charge in [-0.2, -0.15) is 9.61 Å². The molecule has 0 saturated heterocycles. The molecule has 29 heavy (non-hydrogen) atoms. The molecule has 0 bridgehead atoms. The third-order valence-electron chi connectivity index (χ3n) is 4.61. The van der Waals surface area contributed by atoms with Crippen LogP contribution in [0.4, 0.5) is 5.69 Å². The van der Waals surface area contributed by atoms with Crippen molar-refractivity contribution in [1.29, 1.82) is 0 Å². The fourth-order valence-corrected chi connectivity index (χ4v) is 3.15. The number of pyridine rings is 2. The second kappa shape index (κ2) is 6.99. The summed E-state index contributed by atoms with van der Waals surface area (Å²) in [5.41, 5.74) is 7.57. The van der Waals surface area contributed by atoms with Gasteiger partial charge in [0.05, 0.1) is 36.7 Å². The van der Waals surface area contributed by atoms with Crippen LogP contribution in [0, 0.1) is 0 Å². The Balaban J connectivity index is 1.43. The van der Waals surface area contributed by atoms with Crippen molar-refractivity contribution in [1.82, 2.24) is 35.3 Å². The van der Waals surface area contributed by atoms with Crippen LogP contribution in [-0.4, -0.2) is 36.9 Å². The first-order chi connectivity index (χ1) is 14.2. The van der Waals surface area contributed by atoms with Gasteiger partial charge in [0.25, 0.3) is 0 Å². The Bertz CT molecular complexity index is 1240. The third kappa shape index (κ3) is 3.19. The van der Waals surface area contributed by atoms with Crippen LogP contribution in [0.5, 0.6) is 5.75 Å². The molecule has 1 unspecified atom stereocenters. The Labute approximate surface area is 165 Å². The second-order valence-corrected chi connectivity index (χ2v) is 6.59. The molecule has 5 heterocycles. The number of aromatic nitrogens is 6. The Hall–Kier alpha value is -3.79. The molecule has 0 saturated carbocycles. The molecule has 4 aromatic heterocycles. The minimum absolute atomic E-state index is 0.245. The topological polar surface area (TPSA) is 111 Å². The molecule has 146 valence electrons. The molecular weight excluding hydrogens is 372 g/mol. The molecule has 0 aromatic carbocycles. The summed E-state index contributed by atoms with van der Waals surface area (Å²) in [7, 11) is 1.60. The fourth-order valence-electron chi connectivity index (χ4n) is 3.15. The fraction of sp³-hybridized carbons (Fsp3) is 0.211. The van der Waals surface area contributed by atoms with Crippen LogP contribution in [0.3, 0.4) is 0 Å². The minimum Gasteiger partial charge on any atom is -0.495 e. The summed E-state index contributed by atoms with van der Waals surface area (Å²) in [5, 5.41) is 16.5. The molecule has 10 nitrogen and oxygen atoms in total. The highest BCUT2D eigenvalue weighted by molar-refractivity contribution is 5.87. The number of nitrogens with one attached hydrogen (secondary N) is 2. The maximum absolute atomic E-state index is 5.51. The van der Waals surface area contributed by atoms with Crippen LogP contribution in [-0.2, 0) is 11.4 Å². The van der Waals surface area contributed by atoms with Crippen LogP contribution < -0.4 is 15.5 Å². The largest absolute Gasteiger partial charge is 0.495 e. The number of hydrogen-bond donors (Lipinski definition) is 2. The van der Waals surface area contributed by atoms with E-state index in [1.165, 1.54) is 0 Å². The van der Waals surface area contributed by atoms with Gasteiger partial charge in [-0.3, -0.25) is 15.3 Å². The number of fused-ring (bicyclic) bond motifs is 2. The zero-order chi connectivity index (χ0) is 19.8. The lowest BCUT2D eigenvalue weighted by Gasteiger charge is -2.09. The van der Waals surface area contributed by atoms with Gasteiger partial charge in [0.15, 0.2) is 11.5 Å². The van der Waals surface area contributed by atoms with Crippen molar-refractivity contribution in [3.05, 3.63) is 60.0 Å². The lowest BCUT2D eigenvalue weighted by molar-refractivity contribution is 0.0392. The second-order valence-electron chi connectivity index (χ2n) is 6.59. The summed E-state index contributed by atoms with van der Waals surface area (Å²) in [4.78, 5) is 14.3. The van der Waals surface area contributed by atoms with E-state index in [2.05, 4.69) is 36.1 Å². The van der Waals surface area contributed by atoms with Crippen molar-refractivity contribution < 1.29 is 9.57 Å². The summed E-state index contributed by atoms with van der Waals surface area (Å²) in [6.07, 6.45) is 5.12. The minimum atomic E-state index is -0.245. The van der Waals surface area contributed by atoms with E-state index in [0.717, 1.165) is 28.1 Å². The van der Waals surface area contributed by atoms with Gasteiger partial charge < -0.3 is 10.1 Å². The average Bonchev–Trinajstić information content (AvgIpc) is 3.37. The molecule has 0 amide bonds. The molecule has 1 aliphatic heterocycles. The predicted molar refractivity (Wildman–Crippen MR) is 105 cm³/mol. The number of hydroxylamine groups is 1. The smallest absolute Gasteiger partial charge is 0.178 e. The normalized spacial score (nSPS) is 16.1. The first-order valence-corrected chi connectivity index (χ1v) is 9.05. The maximum atomic E-state index is 5.51. The average molecular weight is 390 g/mol. The van der Waals surface area contributed by atoms with Gasteiger partial charge in [-0.1, -0.05) is 0 Å².